The maximum Gasteiger partial charge on any atom is 0.123 e. The molecule has 158 valence electrons. The van der Waals surface area contributed by atoms with Crippen LogP contribution < -0.4 is 10.1 Å². The van der Waals surface area contributed by atoms with E-state index in [2.05, 4.69) is 90.6 Å². The van der Waals surface area contributed by atoms with E-state index in [9.17, 15) is 0 Å². The number of nitrogens with zero attached hydrogens (tertiary/aromatic N) is 1. The monoisotopic (exact) mass is 420 g/mol. The zero-order valence-corrected chi connectivity index (χ0v) is 19.1. The average molecular weight is 421 g/mol. The molecule has 30 heavy (non-hydrogen) atoms. The van der Waals surface area contributed by atoms with Crippen LogP contribution in [0.25, 0.3) is 5.70 Å². The molecule has 0 atom stereocenters. The molecule has 2 aromatic carbocycles. The van der Waals surface area contributed by atoms with Crippen molar-refractivity contribution in [2.45, 2.75) is 33.4 Å². The molecule has 1 N–H and O–H groups in total. The van der Waals surface area contributed by atoms with Crippen LogP contribution in [0.2, 0.25) is 0 Å². The Labute approximate surface area is 185 Å². The van der Waals surface area contributed by atoms with Crippen molar-refractivity contribution in [1.82, 2.24) is 10.2 Å². The van der Waals surface area contributed by atoms with Crippen molar-refractivity contribution in [2.75, 3.05) is 20.1 Å². The van der Waals surface area contributed by atoms with Crippen LogP contribution in [0.15, 0.2) is 66.6 Å². The minimum atomic E-state index is 0.584. The van der Waals surface area contributed by atoms with E-state index >= 15 is 0 Å². The first kappa shape index (κ1) is 22.1. The summed E-state index contributed by atoms with van der Waals surface area (Å²) in [5.74, 6) is 0.953. The minimum absolute atomic E-state index is 0.584. The number of benzene rings is 2. The second-order valence-electron chi connectivity index (χ2n) is 7.50. The molecule has 0 saturated heterocycles. The number of nitrogens with one attached hydrogen (secondary N) is 1. The van der Waals surface area contributed by atoms with Crippen LogP contribution in [0.4, 0.5) is 0 Å². The average Bonchev–Trinajstić information content (AvgIpc) is 3.29. The lowest BCUT2D eigenvalue weighted by molar-refractivity contribution is 0.303. The molecule has 3 aromatic rings. The number of thiophene rings is 1. The molecule has 1 heterocycles. The van der Waals surface area contributed by atoms with Crippen LogP contribution in [-0.2, 0) is 19.6 Å². The van der Waals surface area contributed by atoms with Crippen molar-refractivity contribution in [3.8, 4) is 5.75 Å². The highest BCUT2D eigenvalue weighted by molar-refractivity contribution is 7.09. The van der Waals surface area contributed by atoms with Gasteiger partial charge in [-0.3, -0.25) is 0 Å². The second kappa shape index (κ2) is 11.0. The van der Waals surface area contributed by atoms with E-state index < -0.39 is 0 Å². The third-order valence-electron chi connectivity index (χ3n) is 5.23. The lowest BCUT2D eigenvalue weighted by Crippen LogP contribution is -2.28. The Morgan fingerprint density at radius 3 is 2.60 bits per heavy atom. The molecule has 0 aliphatic carbocycles. The number of aryl methyl sites for hydroxylation is 2. The highest BCUT2D eigenvalue weighted by Crippen LogP contribution is 2.28. The van der Waals surface area contributed by atoms with Gasteiger partial charge >= 0.3 is 0 Å². The SMILES string of the molecule is C=C(c1ccc(OCc2ccc(C)cc2)c(CC)c1)N(CCNC)Cc1cccs1. The summed E-state index contributed by atoms with van der Waals surface area (Å²) < 4.78 is 6.15. The number of likely N-dealkylation sites (N-methyl/N-ethyl adjacent to an activating group) is 1. The van der Waals surface area contributed by atoms with E-state index in [-0.39, 0.29) is 0 Å². The van der Waals surface area contributed by atoms with Gasteiger partial charge in [-0.25, -0.2) is 0 Å². The zero-order valence-electron chi connectivity index (χ0n) is 18.3. The maximum absolute atomic E-state index is 6.15. The number of ether oxygens (including phenoxy) is 1. The van der Waals surface area contributed by atoms with Crippen LogP contribution in [-0.4, -0.2) is 25.0 Å². The van der Waals surface area contributed by atoms with E-state index in [1.165, 1.54) is 21.6 Å². The Morgan fingerprint density at radius 1 is 1.13 bits per heavy atom. The minimum Gasteiger partial charge on any atom is -0.489 e. The quantitative estimate of drug-likeness (QED) is 0.418. The lowest BCUT2D eigenvalue weighted by atomic mass is 10.0. The molecule has 0 bridgehead atoms. The molecule has 0 unspecified atom stereocenters. The van der Waals surface area contributed by atoms with Crippen molar-refractivity contribution in [3.63, 3.8) is 0 Å². The summed E-state index contributed by atoms with van der Waals surface area (Å²) in [7, 11) is 1.99. The van der Waals surface area contributed by atoms with Crippen LogP contribution in [0.5, 0.6) is 5.75 Å². The molecule has 0 aliphatic heterocycles. The molecule has 0 amide bonds. The van der Waals surface area contributed by atoms with Crippen LogP contribution in [0.3, 0.4) is 0 Å². The smallest absolute Gasteiger partial charge is 0.123 e. The van der Waals surface area contributed by atoms with E-state index in [0.717, 1.165) is 43.1 Å². The fourth-order valence-corrected chi connectivity index (χ4v) is 4.07. The molecule has 3 rings (SSSR count). The van der Waals surface area contributed by atoms with Crippen LogP contribution in [0, 0.1) is 6.92 Å². The first-order valence-electron chi connectivity index (χ1n) is 10.5. The van der Waals surface area contributed by atoms with Crippen molar-refractivity contribution in [3.05, 3.63) is 93.7 Å². The third-order valence-corrected chi connectivity index (χ3v) is 6.09. The molecule has 0 spiro atoms. The van der Waals surface area contributed by atoms with Gasteiger partial charge in [0.25, 0.3) is 0 Å². The van der Waals surface area contributed by atoms with Gasteiger partial charge in [-0.2, -0.15) is 0 Å². The third kappa shape index (κ3) is 5.97. The van der Waals surface area contributed by atoms with E-state index in [1.807, 2.05) is 7.05 Å². The molecule has 0 saturated carbocycles. The fourth-order valence-electron chi connectivity index (χ4n) is 3.35. The standard InChI is InChI=1S/C26H32N2OS/c1-5-23-17-24(12-13-26(23)29-19-22-10-8-20(2)9-11-22)21(3)28(15-14-27-4)18-25-7-6-16-30-25/h6-13,16-17,27H,3,5,14-15,18-19H2,1-2,4H3. The summed E-state index contributed by atoms with van der Waals surface area (Å²) in [5.41, 5.74) is 5.87. The van der Waals surface area contributed by atoms with Gasteiger partial charge in [0, 0.05) is 23.7 Å². The van der Waals surface area contributed by atoms with Crippen LogP contribution >= 0.6 is 11.3 Å². The summed E-state index contributed by atoms with van der Waals surface area (Å²) in [6, 6.07) is 19.2. The topological polar surface area (TPSA) is 24.5 Å². The van der Waals surface area contributed by atoms with E-state index in [1.54, 1.807) is 11.3 Å². The molecule has 0 fully saturated rings. The molecular formula is C26H32N2OS. The van der Waals surface area contributed by atoms with Gasteiger partial charge in [0.05, 0.1) is 6.54 Å². The Morgan fingerprint density at radius 2 is 1.93 bits per heavy atom. The van der Waals surface area contributed by atoms with E-state index in [0.29, 0.717) is 6.61 Å². The lowest BCUT2D eigenvalue weighted by Gasteiger charge is -2.27. The van der Waals surface area contributed by atoms with E-state index in [4.69, 9.17) is 4.74 Å². The van der Waals surface area contributed by atoms with Crippen molar-refractivity contribution in [1.29, 1.82) is 0 Å². The summed E-state index contributed by atoms with van der Waals surface area (Å²) in [6.45, 7) is 12.0. The van der Waals surface area contributed by atoms with Crippen molar-refractivity contribution < 1.29 is 4.74 Å². The molecule has 1 aromatic heterocycles. The van der Waals surface area contributed by atoms with Gasteiger partial charge in [0.2, 0.25) is 0 Å². The number of hydrogen-bond donors (Lipinski definition) is 1. The Balaban J connectivity index is 1.73. The predicted molar refractivity (Wildman–Crippen MR) is 129 cm³/mol. The first-order chi connectivity index (χ1) is 14.6. The molecule has 4 heteroatoms. The van der Waals surface area contributed by atoms with Gasteiger partial charge in [-0.15, -0.1) is 11.3 Å². The Kier molecular flexibility index (Phi) is 8.12. The number of rotatable bonds is 11. The van der Waals surface area contributed by atoms with Gasteiger partial charge < -0.3 is 15.0 Å². The van der Waals surface area contributed by atoms with Gasteiger partial charge in [-0.05, 0) is 66.7 Å². The second-order valence-corrected chi connectivity index (χ2v) is 8.53. The predicted octanol–water partition coefficient (Wildman–Crippen LogP) is 5.89. The summed E-state index contributed by atoms with van der Waals surface area (Å²) in [5, 5.41) is 5.38. The Hall–Kier alpha value is -2.56. The van der Waals surface area contributed by atoms with Gasteiger partial charge in [0.15, 0.2) is 0 Å². The first-order valence-corrected chi connectivity index (χ1v) is 11.4. The summed E-state index contributed by atoms with van der Waals surface area (Å²) in [6.07, 6.45) is 0.922. The highest BCUT2D eigenvalue weighted by Gasteiger charge is 2.13. The maximum atomic E-state index is 6.15. The Bertz CT molecular complexity index is 932. The fraction of sp³-hybridized carbons (Fsp3) is 0.308. The van der Waals surface area contributed by atoms with Gasteiger partial charge in [-0.1, -0.05) is 49.4 Å². The summed E-state index contributed by atoms with van der Waals surface area (Å²) in [4.78, 5) is 3.70. The molecule has 3 nitrogen and oxygen atoms in total. The molecule has 0 aliphatic rings. The molecular weight excluding hydrogens is 388 g/mol. The largest absolute Gasteiger partial charge is 0.489 e. The zero-order chi connectivity index (χ0) is 21.3. The van der Waals surface area contributed by atoms with Crippen molar-refractivity contribution >= 4 is 17.0 Å². The summed E-state index contributed by atoms with van der Waals surface area (Å²) >= 11 is 1.79. The molecule has 0 radical (unpaired) electrons. The number of hydrogen-bond acceptors (Lipinski definition) is 4. The van der Waals surface area contributed by atoms with Crippen molar-refractivity contribution in [2.24, 2.45) is 0 Å². The van der Waals surface area contributed by atoms with Gasteiger partial charge in [0.1, 0.15) is 12.4 Å². The normalized spacial score (nSPS) is 10.8. The highest BCUT2D eigenvalue weighted by atomic mass is 32.1. The van der Waals surface area contributed by atoms with Crippen LogP contribution in [0.1, 0.15) is 34.1 Å².